The third-order valence-electron chi connectivity index (χ3n) is 2.34. The summed E-state index contributed by atoms with van der Waals surface area (Å²) in [6.45, 7) is 0. The molecule has 0 bridgehead atoms. The highest BCUT2D eigenvalue weighted by molar-refractivity contribution is 5.98. The first-order chi connectivity index (χ1) is 8.72. The van der Waals surface area contributed by atoms with Gasteiger partial charge in [0.15, 0.2) is 0 Å². The lowest BCUT2D eigenvalue weighted by atomic mass is 10.2. The Kier molecular flexibility index (Phi) is 2.91. The van der Waals surface area contributed by atoms with Crippen molar-refractivity contribution >= 4 is 22.5 Å². The predicted octanol–water partition coefficient (Wildman–Crippen LogP) is 2.70. The molecule has 102 valence electrons. The molecule has 2 aromatic rings. The van der Waals surface area contributed by atoms with Crippen LogP contribution in [-0.2, 0) is 4.79 Å². The van der Waals surface area contributed by atoms with Gasteiger partial charge in [0.25, 0.3) is 0 Å². The maximum Gasteiger partial charge on any atom is 0.463 e. The van der Waals surface area contributed by atoms with E-state index in [2.05, 4.69) is 10.2 Å². The SMILES string of the molecule is O=C(Nc1ccc2[nH]ncc2c1)C(F)(F)C(F)(F)F. The molecule has 0 unspecified atom stereocenters. The Morgan fingerprint density at radius 1 is 1.21 bits per heavy atom. The lowest BCUT2D eigenvalue weighted by Gasteiger charge is -2.18. The number of anilines is 1. The molecule has 0 atom stereocenters. The van der Waals surface area contributed by atoms with Gasteiger partial charge in [-0.25, -0.2) is 0 Å². The monoisotopic (exact) mass is 279 g/mol. The van der Waals surface area contributed by atoms with Crippen molar-refractivity contribution in [3.8, 4) is 0 Å². The van der Waals surface area contributed by atoms with Gasteiger partial charge in [0, 0.05) is 11.1 Å². The number of halogens is 5. The van der Waals surface area contributed by atoms with Crippen molar-refractivity contribution in [3.63, 3.8) is 0 Å². The van der Waals surface area contributed by atoms with Crippen LogP contribution in [0.1, 0.15) is 0 Å². The van der Waals surface area contributed by atoms with Gasteiger partial charge in [-0.15, -0.1) is 0 Å². The molecule has 0 aliphatic carbocycles. The number of fused-ring (bicyclic) bond motifs is 1. The van der Waals surface area contributed by atoms with Crippen LogP contribution in [0.15, 0.2) is 24.4 Å². The Morgan fingerprint density at radius 3 is 2.53 bits per heavy atom. The van der Waals surface area contributed by atoms with Crippen molar-refractivity contribution in [1.82, 2.24) is 10.2 Å². The van der Waals surface area contributed by atoms with Crippen molar-refractivity contribution in [2.24, 2.45) is 0 Å². The fraction of sp³-hybridized carbons (Fsp3) is 0.200. The van der Waals surface area contributed by atoms with Gasteiger partial charge in [-0.1, -0.05) is 0 Å². The molecule has 2 N–H and O–H groups in total. The van der Waals surface area contributed by atoms with Crippen LogP contribution in [0.3, 0.4) is 0 Å². The normalized spacial score (nSPS) is 12.7. The summed E-state index contributed by atoms with van der Waals surface area (Å²) in [6.07, 6.45) is -4.59. The lowest BCUT2D eigenvalue weighted by molar-refractivity contribution is -0.267. The van der Waals surface area contributed by atoms with Gasteiger partial charge < -0.3 is 5.32 Å². The Morgan fingerprint density at radius 2 is 1.89 bits per heavy atom. The van der Waals surface area contributed by atoms with E-state index in [4.69, 9.17) is 0 Å². The zero-order valence-corrected chi connectivity index (χ0v) is 9.05. The van der Waals surface area contributed by atoms with E-state index in [-0.39, 0.29) is 5.69 Å². The Hall–Kier alpha value is -2.19. The molecular formula is C10H6F5N3O. The first-order valence-corrected chi connectivity index (χ1v) is 4.91. The number of carbonyl (C=O) groups excluding carboxylic acids is 1. The second-order valence-corrected chi connectivity index (χ2v) is 3.70. The fourth-order valence-electron chi connectivity index (χ4n) is 1.36. The maximum absolute atomic E-state index is 12.7. The van der Waals surface area contributed by atoms with Crippen LogP contribution in [0.4, 0.5) is 27.6 Å². The van der Waals surface area contributed by atoms with E-state index in [1.54, 1.807) is 0 Å². The second-order valence-electron chi connectivity index (χ2n) is 3.70. The summed E-state index contributed by atoms with van der Waals surface area (Å²) in [5, 5.41) is 8.19. The van der Waals surface area contributed by atoms with Gasteiger partial charge in [0.2, 0.25) is 0 Å². The Balaban J connectivity index is 2.23. The van der Waals surface area contributed by atoms with E-state index in [1.165, 1.54) is 29.7 Å². The molecule has 1 amide bonds. The lowest BCUT2D eigenvalue weighted by Crippen LogP contribution is -2.47. The molecule has 2 rings (SSSR count). The van der Waals surface area contributed by atoms with Crippen LogP contribution < -0.4 is 5.32 Å². The summed E-state index contributed by atoms with van der Waals surface area (Å²) in [5.74, 6) is -7.87. The standard InChI is InChI=1S/C10H6F5N3O/c11-9(12,10(13,14)15)8(19)17-6-1-2-7-5(3-6)4-16-18-7/h1-4H,(H,16,18)(H,17,19). The van der Waals surface area contributed by atoms with Gasteiger partial charge in [0.05, 0.1) is 11.7 Å². The zero-order valence-electron chi connectivity index (χ0n) is 9.05. The third kappa shape index (κ3) is 2.35. The number of H-pyrrole nitrogens is 1. The van der Waals surface area contributed by atoms with E-state index >= 15 is 0 Å². The number of aromatic nitrogens is 2. The largest absolute Gasteiger partial charge is 0.463 e. The van der Waals surface area contributed by atoms with Crippen molar-refractivity contribution in [2.45, 2.75) is 12.1 Å². The molecule has 0 aliphatic rings. The number of benzene rings is 1. The molecule has 0 radical (unpaired) electrons. The average molecular weight is 279 g/mol. The van der Waals surface area contributed by atoms with E-state index in [0.717, 1.165) is 0 Å². The van der Waals surface area contributed by atoms with Crippen LogP contribution in [0.5, 0.6) is 0 Å². The van der Waals surface area contributed by atoms with Crippen LogP contribution >= 0.6 is 0 Å². The molecule has 0 saturated heterocycles. The second kappa shape index (κ2) is 4.18. The summed E-state index contributed by atoms with van der Waals surface area (Å²) in [5.41, 5.74) is 0.378. The maximum atomic E-state index is 12.7. The van der Waals surface area contributed by atoms with Gasteiger partial charge in [-0.2, -0.15) is 27.1 Å². The third-order valence-corrected chi connectivity index (χ3v) is 2.34. The molecule has 0 fully saturated rings. The number of hydrogen-bond acceptors (Lipinski definition) is 2. The molecule has 0 aliphatic heterocycles. The minimum absolute atomic E-state index is 0.178. The molecule has 9 heteroatoms. The summed E-state index contributed by atoms with van der Waals surface area (Å²) in [6, 6.07) is 3.80. The quantitative estimate of drug-likeness (QED) is 0.830. The molecule has 1 aromatic heterocycles. The fourth-order valence-corrected chi connectivity index (χ4v) is 1.36. The molecule has 19 heavy (non-hydrogen) atoms. The van der Waals surface area contributed by atoms with E-state index in [1.807, 2.05) is 0 Å². The molecule has 1 heterocycles. The highest BCUT2D eigenvalue weighted by Gasteiger charge is 2.63. The minimum atomic E-state index is -5.93. The molecule has 0 saturated carbocycles. The molecular weight excluding hydrogens is 273 g/mol. The van der Waals surface area contributed by atoms with Crippen molar-refractivity contribution in [1.29, 1.82) is 0 Å². The predicted molar refractivity (Wildman–Crippen MR) is 55.7 cm³/mol. The summed E-state index contributed by atoms with van der Waals surface area (Å²) < 4.78 is 61.3. The number of carbonyl (C=O) groups is 1. The first-order valence-electron chi connectivity index (χ1n) is 4.91. The zero-order chi connectivity index (χ0) is 14.3. The number of nitrogens with zero attached hydrogens (tertiary/aromatic N) is 1. The Bertz CT molecular complexity index is 619. The van der Waals surface area contributed by atoms with Crippen molar-refractivity contribution in [2.75, 3.05) is 5.32 Å². The van der Waals surface area contributed by atoms with E-state index in [0.29, 0.717) is 10.9 Å². The van der Waals surface area contributed by atoms with Gasteiger partial charge in [-0.05, 0) is 18.2 Å². The number of nitrogens with one attached hydrogen (secondary N) is 2. The highest BCUT2D eigenvalue weighted by Crippen LogP contribution is 2.36. The van der Waals surface area contributed by atoms with Gasteiger partial charge in [0.1, 0.15) is 0 Å². The molecule has 4 nitrogen and oxygen atoms in total. The number of hydrogen-bond donors (Lipinski definition) is 2. The topological polar surface area (TPSA) is 57.8 Å². The highest BCUT2D eigenvalue weighted by atomic mass is 19.4. The van der Waals surface area contributed by atoms with Crippen molar-refractivity contribution < 1.29 is 26.7 Å². The summed E-state index contributed by atoms with van der Waals surface area (Å²) >= 11 is 0. The van der Waals surface area contributed by atoms with Crippen LogP contribution in [0.25, 0.3) is 10.9 Å². The number of alkyl halides is 5. The number of aromatic amines is 1. The molecule has 0 spiro atoms. The Labute approximate surface area is 102 Å². The molecule has 1 aromatic carbocycles. The van der Waals surface area contributed by atoms with E-state index < -0.39 is 18.0 Å². The number of rotatable bonds is 2. The van der Waals surface area contributed by atoms with Gasteiger partial charge >= 0.3 is 18.0 Å². The summed E-state index contributed by atoms with van der Waals surface area (Å²) in [4.78, 5) is 11.0. The smallest absolute Gasteiger partial charge is 0.321 e. The minimum Gasteiger partial charge on any atom is -0.321 e. The first kappa shape index (κ1) is 13.2. The van der Waals surface area contributed by atoms with Crippen LogP contribution in [0.2, 0.25) is 0 Å². The van der Waals surface area contributed by atoms with E-state index in [9.17, 15) is 26.7 Å². The summed E-state index contributed by atoms with van der Waals surface area (Å²) in [7, 11) is 0. The van der Waals surface area contributed by atoms with Gasteiger partial charge in [-0.3, -0.25) is 9.89 Å². The van der Waals surface area contributed by atoms with Crippen LogP contribution in [-0.4, -0.2) is 28.2 Å². The van der Waals surface area contributed by atoms with Crippen LogP contribution in [0, 0.1) is 0 Å². The van der Waals surface area contributed by atoms with Crippen molar-refractivity contribution in [3.05, 3.63) is 24.4 Å². The number of amides is 1. The average Bonchev–Trinajstić information content (AvgIpc) is 2.74.